The minimum absolute atomic E-state index is 0.108. The molecular formula is C22H21F3N4O3. The molecule has 3 rings (SSSR count). The quantitative estimate of drug-likeness (QED) is 0.601. The van der Waals surface area contributed by atoms with Gasteiger partial charge in [-0.1, -0.05) is 19.9 Å². The van der Waals surface area contributed by atoms with Gasteiger partial charge in [0.05, 0.1) is 24.6 Å². The molecule has 0 aliphatic carbocycles. The number of nitrogens with one attached hydrogen (secondary N) is 1. The highest BCUT2D eigenvalue weighted by Gasteiger charge is 2.35. The van der Waals surface area contributed by atoms with Crippen LogP contribution in [0.5, 0.6) is 5.75 Å². The monoisotopic (exact) mass is 446 g/mol. The standard InChI is InChI=1S/C22H21F3N4O3/c1-21(2,20(26)31)9-12-4-5-16(22(23,24)25)15(6-12)19-28-17(8-18(30)29-19)13-7-14(32-3)11-27-10-13/h4-8,10-11H,9H2,1-3H3,(H2,26,31)(H,28,29,30). The lowest BCUT2D eigenvalue weighted by atomic mass is 9.84. The zero-order valence-corrected chi connectivity index (χ0v) is 17.6. The average Bonchev–Trinajstić information content (AvgIpc) is 2.72. The van der Waals surface area contributed by atoms with Crippen molar-refractivity contribution < 1.29 is 22.7 Å². The van der Waals surface area contributed by atoms with Gasteiger partial charge in [-0.15, -0.1) is 0 Å². The number of nitrogens with two attached hydrogens (primary N) is 1. The number of nitrogens with zero attached hydrogens (tertiary/aromatic N) is 2. The minimum Gasteiger partial charge on any atom is -0.495 e. The Hall–Kier alpha value is -3.69. The molecule has 0 unspecified atom stereocenters. The summed E-state index contributed by atoms with van der Waals surface area (Å²) in [7, 11) is 1.44. The van der Waals surface area contributed by atoms with Gasteiger partial charge in [-0.25, -0.2) is 4.98 Å². The highest BCUT2D eigenvalue weighted by Crippen LogP contribution is 2.37. The van der Waals surface area contributed by atoms with Crippen LogP contribution in [-0.2, 0) is 17.4 Å². The SMILES string of the molecule is COc1cncc(-c2cc(=O)[nH]c(-c3cc(CC(C)(C)C(N)=O)ccc3C(F)(F)F)n2)c1. The number of hydrogen-bond donors (Lipinski definition) is 2. The first kappa shape index (κ1) is 23.0. The Morgan fingerprint density at radius 1 is 1.16 bits per heavy atom. The van der Waals surface area contributed by atoms with Gasteiger partial charge >= 0.3 is 6.18 Å². The third-order valence-corrected chi connectivity index (χ3v) is 4.94. The number of carbonyl (C=O) groups excluding carboxylic acids is 1. The van der Waals surface area contributed by atoms with Crippen molar-refractivity contribution in [1.82, 2.24) is 15.0 Å². The number of aromatic nitrogens is 3. The molecule has 3 aromatic rings. The number of pyridine rings is 1. The number of carbonyl (C=O) groups is 1. The van der Waals surface area contributed by atoms with Crippen molar-refractivity contribution >= 4 is 5.91 Å². The van der Waals surface area contributed by atoms with E-state index in [1.165, 1.54) is 31.6 Å². The molecule has 0 radical (unpaired) electrons. The summed E-state index contributed by atoms with van der Waals surface area (Å²) in [6.45, 7) is 3.20. The summed E-state index contributed by atoms with van der Waals surface area (Å²) >= 11 is 0. The predicted octanol–water partition coefficient (Wildman–Crippen LogP) is 3.58. The van der Waals surface area contributed by atoms with E-state index in [4.69, 9.17) is 10.5 Å². The van der Waals surface area contributed by atoms with Crippen LogP contribution in [0.2, 0.25) is 0 Å². The molecule has 3 N–H and O–H groups in total. The van der Waals surface area contributed by atoms with Gasteiger partial charge in [0.25, 0.3) is 5.56 Å². The highest BCUT2D eigenvalue weighted by molar-refractivity contribution is 5.80. The fourth-order valence-corrected chi connectivity index (χ4v) is 3.15. The Bertz CT molecular complexity index is 1220. The van der Waals surface area contributed by atoms with Gasteiger partial charge in [-0.05, 0) is 30.2 Å². The largest absolute Gasteiger partial charge is 0.495 e. The van der Waals surface area contributed by atoms with Crippen molar-refractivity contribution in [2.45, 2.75) is 26.4 Å². The zero-order chi connectivity index (χ0) is 23.7. The molecule has 0 saturated heterocycles. The van der Waals surface area contributed by atoms with E-state index in [1.807, 2.05) is 0 Å². The van der Waals surface area contributed by atoms with Crippen LogP contribution < -0.4 is 16.0 Å². The molecule has 0 aliphatic rings. The topological polar surface area (TPSA) is 111 Å². The van der Waals surface area contributed by atoms with Gasteiger partial charge in [0.1, 0.15) is 11.6 Å². The Labute approximate surface area is 181 Å². The smallest absolute Gasteiger partial charge is 0.417 e. The Morgan fingerprint density at radius 3 is 2.50 bits per heavy atom. The van der Waals surface area contributed by atoms with Crippen molar-refractivity contribution in [2.24, 2.45) is 11.1 Å². The normalized spacial score (nSPS) is 11.9. The number of alkyl halides is 3. The third kappa shape index (κ3) is 4.96. The number of H-pyrrole nitrogens is 1. The molecule has 32 heavy (non-hydrogen) atoms. The molecule has 0 saturated carbocycles. The van der Waals surface area contributed by atoms with Crippen molar-refractivity contribution in [2.75, 3.05) is 7.11 Å². The number of ether oxygens (including phenoxy) is 1. The fourth-order valence-electron chi connectivity index (χ4n) is 3.15. The molecule has 1 aromatic carbocycles. The Morgan fingerprint density at radius 2 is 1.88 bits per heavy atom. The molecule has 0 bridgehead atoms. The molecule has 168 valence electrons. The van der Waals surface area contributed by atoms with Gasteiger partial charge in [0.15, 0.2) is 0 Å². The number of primary amides is 1. The Balaban J connectivity index is 2.18. The summed E-state index contributed by atoms with van der Waals surface area (Å²) < 4.78 is 46.3. The summed E-state index contributed by atoms with van der Waals surface area (Å²) in [5.41, 5.74) is 3.47. The zero-order valence-electron chi connectivity index (χ0n) is 17.6. The van der Waals surface area contributed by atoms with Crippen molar-refractivity contribution in [3.63, 3.8) is 0 Å². The maximum atomic E-state index is 13.7. The molecule has 10 heteroatoms. The van der Waals surface area contributed by atoms with Gasteiger partial charge < -0.3 is 15.5 Å². The van der Waals surface area contributed by atoms with Gasteiger partial charge in [0, 0.05) is 28.8 Å². The van der Waals surface area contributed by atoms with E-state index >= 15 is 0 Å². The van der Waals surface area contributed by atoms with Crippen LogP contribution in [0.4, 0.5) is 13.2 Å². The first-order valence-electron chi connectivity index (χ1n) is 9.52. The van der Waals surface area contributed by atoms with Crippen molar-refractivity contribution in [3.8, 4) is 28.4 Å². The number of amides is 1. The van der Waals surface area contributed by atoms with Crippen LogP contribution in [0.25, 0.3) is 22.6 Å². The van der Waals surface area contributed by atoms with Gasteiger partial charge in [0.2, 0.25) is 5.91 Å². The van der Waals surface area contributed by atoms with E-state index in [2.05, 4.69) is 15.0 Å². The summed E-state index contributed by atoms with van der Waals surface area (Å²) in [4.78, 5) is 34.6. The third-order valence-electron chi connectivity index (χ3n) is 4.94. The number of hydrogen-bond acceptors (Lipinski definition) is 5. The molecule has 0 spiro atoms. The van der Waals surface area contributed by atoms with Crippen LogP contribution in [0.1, 0.15) is 25.0 Å². The van der Waals surface area contributed by atoms with Crippen LogP contribution in [0, 0.1) is 5.41 Å². The van der Waals surface area contributed by atoms with Crippen LogP contribution in [0.3, 0.4) is 0 Å². The number of halogens is 3. The van der Waals surface area contributed by atoms with Crippen LogP contribution in [0.15, 0.2) is 47.5 Å². The molecule has 0 atom stereocenters. The van der Waals surface area contributed by atoms with Crippen LogP contribution >= 0.6 is 0 Å². The van der Waals surface area contributed by atoms with E-state index in [9.17, 15) is 22.8 Å². The van der Waals surface area contributed by atoms with Gasteiger partial charge in [-0.3, -0.25) is 14.6 Å². The second-order valence-electron chi connectivity index (χ2n) is 7.90. The van der Waals surface area contributed by atoms with E-state index in [0.29, 0.717) is 16.9 Å². The number of benzene rings is 1. The molecule has 7 nitrogen and oxygen atoms in total. The van der Waals surface area contributed by atoms with Crippen LogP contribution in [-0.4, -0.2) is 28.0 Å². The molecule has 1 amide bonds. The molecule has 0 fully saturated rings. The summed E-state index contributed by atoms with van der Waals surface area (Å²) in [6.07, 6.45) is -1.72. The minimum atomic E-state index is -4.70. The number of rotatable bonds is 6. The van der Waals surface area contributed by atoms with E-state index in [1.54, 1.807) is 19.9 Å². The van der Waals surface area contributed by atoms with Crippen molar-refractivity contribution in [1.29, 1.82) is 0 Å². The molecule has 2 aromatic heterocycles. The predicted molar refractivity (Wildman–Crippen MR) is 112 cm³/mol. The highest BCUT2D eigenvalue weighted by atomic mass is 19.4. The average molecular weight is 446 g/mol. The molecular weight excluding hydrogens is 425 g/mol. The maximum absolute atomic E-state index is 13.7. The maximum Gasteiger partial charge on any atom is 0.417 e. The van der Waals surface area contributed by atoms with Gasteiger partial charge in [-0.2, -0.15) is 13.2 Å². The van der Waals surface area contributed by atoms with E-state index < -0.39 is 28.6 Å². The lowest BCUT2D eigenvalue weighted by molar-refractivity contribution is -0.137. The summed E-state index contributed by atoms with van der Waals surface area (Å²) in [6, 6.07) is 6.17. The second kappa shape index (κ2) is 8.45. The number of methoxy groups -OCH3 is 1. The fraction of sp³-hybridized carbons (Fsp3) is 0.273. The second-order valence-corrected chi connectivity index (χ2v) is 7.90. The summed E-state index contributed by atoms with van der Waals surface area (Å²) in [5, 5.41) is 0. The first-order chi connectivity index (χ1) is 14.9. The lowest BCUT2D eigenvalue weighted by Crippen LogP contribution is -2.33. The van der Waals surface area contributed by atoms with E-state index in [0.717, 1.165) is 12.1 Å². The van der Waals surface area contributed by atoms with E-state index in [-0.39, 0.29) is 23.5 Å². The molecule has 0 aliphatic heterocycles. The Kier molecular flexibility index (Phi) is 6.07. The van der Waals surface area contributed by atoms with Crippen molar-refractivity contribution in [3.05, 3.63) is 64.2 Å². The molecule has 2 heterocycles. The number of aromatic amines is 1. The summed E-state index contributed by atoms with van der Waals surface area (Å²) in [5.74, 6) is -0.447. The first-order valence-corrected chi connectivity index (χ1v) is 9.52. The lowest BCUT2D eigenvalue weighted by Gasteiger charge is -2.21.